The number of hydrogen-bond acceptors (Lipinski definition) is 4. The average molecular weight is 442 g/mol. The predicted molar refractivity (Wildman–Crippen MR) is 124 cm³/mol. The normalized spacial score (nSPS) is 15.4. The molecule has 1 aromatic rings. The van der Waals surface area contributed by atoms with E-state index in [0.29, 0.717) is 4.90 Å². The third kappa shape index (κ3) is 6.30. The summed E-state index contributed by atoms with van der Waals surface area (Å²) in [6.07, 6.45) is -0.401. The average Bonchev–Trinajstić information content (AvgIpc) is 2.50. The molecular weight excluding hydrogens is 402 g/mol. The van der Waals surface area contributed by atoms with E-state index < -0.39 is 35.4 Å². The highest BCUT2D eigenvalue weighted by Crippen LogP contribution is 2.38. The van der Waals surface area contributed by atoms with Crippen LogP contribution in [0.5, 0.6) is 0 Å². The largest absolute Gasteiger partial charge is 0.444 e. The molecule has 8 heteroatoms. The van der Waals surface area contributed by atoms with E-state index in [9.17, 15) is 9.00 Å². The molecule has 0 heterocycles. The quantitative estimate of drug-likeness (QED) is 0.626. The lowest BCUT2D eigenvalue weighted by atomic mass is 9.93. The van der Waals surface area contributed by atoms with Crippen molar-refractivity contribution in [2.45, 2.75) is 89.6 Å². The zero-order valence-electron chi connectivity index (χ0n) is 19.9. The van der Waals surface area contributed by atoms with Crippen LogP contribution in [0.4, 0.5) is 4.79 Å². The molecule has 29 heavy (non-hydrogen) atoms. The fourth-order valence-corrected chi connectivity index (χ4v) is 7.09. The number of hydrogen-bond donors (Lipinski definition) is 1. The Hall–Kier alpha value is -1.38. The van der Waals surface area contributed by atoms with Crippen LogP contribution in [0.1, 0.15) is 61.0 Å². The van der Waals surface area contributed by atoms with Crippen molar-refractivity contribution in [2.24, 2.45) is 9.17 Å². The molecule has 1 atom stereocenters. The third-order valence-corrected chi connectivity index (χ3v) is 13.1. The summed E-state index contributed by atoms with van der Waals surface area (Å²) >= 11 is 0. The molecule has 0 aliphatic rings. The fraction of sp³-hybridized carbons (Fsp3) is 0.667. The topological polar surface area (TPSA) is 85.0 Å². The van der Waals surface area contributed by atoms with Gasteiger partial charge < -0.3 is 9.64 Å². The van der Waals surface area contributed by atoms with Crippen LogP contribution in [0.25, 0.3) is 0 Å². The number of nitrogens with zero attached hydrogens (tertiary/aromatic N) is 2. The number of rotatable bonds is 4. The SMILES string of the molecule is CN(C(=O)OC(C)(C)C)C(C)(C)c1ccc(S(N)(=O)=N[Si](C)(C)C(C)(C)C)cc1. The summed E-state index contributed by atoms with van der Waals surface area (Å²) in [4.78, 5) is 14.5. The van der Waals surface area contributed by atoms with E-state index in [1.54, 1.807) is 24.1 Å². The summed E-state index contributed by atoms with van der Waals surface area (Å²) in [7, 11) is -3.46. The highest BCUT2D eigenvalue weighted by atomic mass is 32.2. The zero-order valence-corrected chi connectivity index (χ0v) is 21.7. The summed E-state index contributed by atoms with van der Waals surface area (Å²) in [5.41, 5.74) is -0.300. The minimum atomic E-state index is -2.99. The van der Waals surface area contributed by atoms with Crippen molar-refractivity contribution in [1.82, 2.24) is 4.90 Å². The van der Waals surface area contributed by atoms with Gasteiger partial charge in [0.25, 0.3) is 0 Å². The minimum Gasteiger partial charge on any atom is -0.444 e. The standard InChI is InChI=1S/C21H39N3O3SSi/c1-19(2,3)27-18(25)24(9)21(7,8)16-12-14-17(15-13-16)28(22,26)23-29(10,11)20(4,5)6/h12-15H,1-11H3,(H2,22,23,26). The van der Waals surface area contributed by atoms with Gasteiger partial charge >= 0.3 is 6.09 Å². The van der Waals surface area contributed by atoms with Crippen molar-refractivity contribution in [1.29, 1.82) is 0 Å². The van der Waals surface area contributed by atoms with Crippen molar-refractivity contribution in [3.63, 3.8) is 0 Å². The molecule has 6 nitrogen and oxygen atoms in total. The summed E-state index contributed by atoms with van der Waals surface area (Å²) in [6, 6.07) is 7.20. The van der Waals surface area contributed by atoms with E-state index in [1.165, 1.54) is 0 Å². The first kappa shape index (κ1) is 25.7. The first-order chi connectivity index (χ1) is 12.7. The van der Waals surface area contributed by atoms with Gasteiger partial charge in [0.2, 0.25) is 0 Å². The Morgan fingerprint density at radius 1 is 1.03 bits per heavy atom. The van der Waals surface area contributed by atoms with Crippen LogP contribution in [0.15, 0.2) is 33.2 Å². The Bertz CT molecular complexity index is 857. The molecule has 2 N–H and O–H groups in total. The highest BCUT2D eigenvalue weighted by molar-refractivity contribution is 7.92. The maximum absolute atomic E-state index is 13.2. The number of carbonyl (C=O) groups excluding carboxylic acids is 1. The molecule has 1 rings (SSSR count). The lowest BCUT2D eigenvalue weighted by molar-refractivity contribution is 0.0104. The van der Waals surface area contributed by atoms with E-state index in [0.717, 1.165) is 5.56 Å². The van der Waals surface area contributed by atoms with Gasteiger partial charge in [0, 0.05) is 7.05 Å². The van der Waals surface area contributed by atoms with E-state index in [4.69, 9.17) is 9.88 Å². The van der Waals surface area contributed by atoms with Crippen LogP contribution < -0.4 is 5.14 Å². The monoisotopic (exact) mass is 441 g/mol. The molecule has 0 saturated carbocycles. The molecule has 0 saturated heterocycles. The summed E-state index contributed by atoms with van der Waals surface area (Å²) in [5, 5.41) is 6.12. The Kier molecular flexibility index (Phi) is 7.11. The van der Waals surface area contributed by atoms with Gasteiger partial charge in [0.15, 0.2) is 8.24 Å². The van der Waals surface area contributed by atoms with E-state index in [2.05, 4.69) is 37.9 Å². The predicted octanol–water partition coefficient (Wildman–Crippen LogP) is 5.49. The summed E-state index contributed by atoms with van der Waals surface area (Å²) < 4.78 is 23.3. The number of ether oxygens (including phenoxy) is 1. The van der Waals surface area contributed by atoms with Gasteiger partial charge in [-0.05, 0) is 70.4 Å². The van der Waals surface area contributed by atoms with Gasteiger partial charge in [-0.3, -0.25) is 4.03 Å². The molecular formula is C21H39N3O3SSi. The number of nitrogens with two attached hydrogens (primary N) is 1. The molecule has 1 unspecified atom stereocenters. The van der Waals surface area contributed by atoms with Crippen LogP contribution in [0, 0.1) is 0 Å². The smallest absolute Gasteiger partial charge is 0.410 e. The summed E-state index contributed by atoms with van der Waals surface area (Å²) in [5.74, 6) is 0. The van der Waals surface area contributed by atoms with E-state index in [1.807, 2.05) is 46.8 Å². The lowest BCUT2D eigenvalue weighted by Gasteiger charge is -2.37. The molecule has 0 aliphatic carbocycles. The van der Waals surface area contributed by atoms with Crippen molar-refractivity contribution in [2.75, 3.05) is 7.05 Å². The second kappa shape index (κ2) is 8.04. The molecule has 0 aliphatic heterocycles. The fourth-order valence-electron chi connectivity index (χ4n) is 2.34. The highest BCUT2D eigenvalue weighted by Gasteiger charge is 2.37. The second-order valence-corrected chi connectivity index (χ2v) is 17.5. The van der Waals surface area contributed by atoms with Crippen LogP contribution in [0.2, 0.25) is 18.1 Å². The molecule has 1 aromatic carbocycles. The first-order valence-electron chi connectivity index (χ1n) is 9.84. The van der Waals surface area contributed by atoms with Gasteiger partial charge in [0.1, 0.15) is 15.5 Å². The Labute approximate surface area is 178 Å². The Balaban J connectivity index is 3.24. The van der Waals surface area contributed by atoms with Crippen molar-refractivity contribution in [3.05, 3.63) is 29.8 Å². The van der Waals surface area contributed by atoms with Gasteiger partial charge in [0.05, 0.1) is 10.4 Å². The van der Waals surface area contributed by atoms with Crippen molar-refractivity contribution in [3.8, 4) is 0 Å². The van der Waals surface area contributed by atoms with Crippen molar-refractivity contribution >= 4 is 24.2 Å². The molecule has 0 aromatic heterocycles. The Morgan fingerprint density at radius 3 is 1.86 bits per heavy atom. The first-order valence-corrected chi connectivity index (χ1v) is 14.4. The maximum Gasteiger partial charge on any atom is 0.410 e. The number of benzene rings is 1. The van der Waals surface area contributed by atoms with Crippen molar-refractivity contribution < 1.29 is 13.7 Å². The van der Waals surface area contributed by atoms with E-state index >= 15 is 0 Å². The molecule has 0 spiro atoms. The lowest BCUT2D eigenvalue weighted by Crippen LogP contribution is -2.45. The Morgan fingerprint density at radius 2 is 1.48 bits per heavy atom. The minimum absolute atomic E-state index is 0.0485. The maximum atomic E-state index is 13.2. The zero-order chi connectivity index (χ0) is 23.1. The van der Waals surface area contributed by atoms with Gasteiger partial charge in [-0.1, -0.05) is 32.9 Å². The van der Waals surface area contributed by atoms with E-state index in [-0.39, 0.29) is 5.04 Å². The van der Waals surface area contributed by atoms with Crippen LogP contribution in [0.3, 0.4) is 0 Å². The third-order valence-electron chi connectivity index (χ3n) is 5.60. The molecule has 0 radical (unpaired) electrons. The molecule has 1 amide bonds. The van der Waals surface area contributed by atoms with Crippen LogP contribution in [-0.2, 0) is 20.2 Å². The van der Waals surface area contributed by atoms with Crippen LogP contribution in [-0.4, -0.2) is 36.1 Å². The molecule has 166 valence electrons. The van der Waals surface area contributed by atoms with Gasteiger partial charge in [-0.2, -0.15) is 0 Å². The number of amides is 1. The number of carbonyl (C=O) groups is 1. The second-order valence-electron chi connectivity index (χ2n) is 10.6. The molecule has 0 bridgehead atoms. The molecule has 0 fully saturated rings. The van der Waals surface area contributed by atoms with Crippen LogP contribution >= 0.6 is 0 Å². The van der Waals surface area contributed by atoms with Gasteiger partial charge in [-0.15, -0.1) is 0 Å². The van der Waals surface area contributed by atoms with Gasteiger partial charge in [-0.25, -0.2) is 14.1 Å². The summed E-state index contributed by atoms with van der Waals surface area (Å²) in [6.45, 7) is 19.9.